The molecule has 0 aliphatic carbocycles. The quantitative estimate of drug-likeness (QED) is 0.510. The first kappa shape index (κ1) is 7.70. The topological polar surface area (TPSA) is 0 Å². The molecule has 2 heteroatoms. The van der Waals surface area contributed by atoms with E-state index in [1.165, 1.54) is 6.08 Å². The van der Waals surface area contributed by atoms with Crippen LogP contribution in [0.5, 0.6) is 0 Å². The Balaban J connectivity index is 4.03. The first-order valence-corrected chi connectivity index (χ1v) is 2.76. The molecule has 0 N–H and O–H groups in total. The van der Waals surface area contributed by atoms with Crippen LogP contribution in [-0.2, 0) is 0 Å². The van der Waals surface area contributed by atoms with E-state index in [2.05, 4.69) is 6.58 Å². The number of halogens is 2. The first-order valence-electron chi connectivity index (χ1n) is 2.39. The van der Waals surface area contributed by atoms with Crippen molar-refractivity contribution < 1.29 is 4.39 Å². The highest BCUT2D eigenvalue weighted by Crippen LogP contribution is 2.13. The normalized spacial score (nSPS) is 12.9. The second-order valence-corrected chi connectivity index (χ2v) is 1.72. The van der Waals surface area contributed by atoms with Crippen LogP contribution in [0.1, 0.15) is 13.3 Å². The zero-order valence-electron chi connectivity index (χ0n) is 4.75. The Morgan fingerprint density at radius 2 is 2.38 bits per heavy atom. The minimum absolute atomic E-state index is 0.118. The Hall–Kier alpha value is -0.300. The molecule has 0 aromatic rings. The van der Waals surface area contributed by atoms with E-state index in [-0.39, 0.29) is 10.9 Å². The average Bonchev–Trinajstić information content (AvgIpc) is 1.84. The van der Waals surface area contributed by atoms with E-state index < -0.39 is 0 Å². The molecular weight excluding hydrogens is 127 g/mol. The van der Waals surface area contributed by atoms with Crippen molar-refractivity contribution in [3.8, 4) is 0 Å². The van der Waals surface area contributed by atoms with Gasteiger partial charge in [-0.1, -0.05) is 25.1 Å². The maximum absolute atomic E-state index is 12.2. The number of hydrogen-bond donors (Lipinski definition) is 0. The summed E-state index contributed by atoms with van der Waals surface area (Å²) in [6, 6.07) is 0. The fourth-order valence-electron chi connectivity index (χ4n) is 0.280. The summed E-state index contributed by atoms with van der Waals surface area (Å²) in [5, 5.41) is 0.118. The van der Waals surface area contributed by atoms with Crippen molar-refractivity contribution in [1.82, 2.24) is 0 Å². The second kappa shape index (κ2) is 3.67. The molecule has 0 rings (SSSR count). The van der Waals surface area contributed by atoms with Gasteiger partial charge in [0.05, 0.1) is 5.03 Å². The van der Waals surface area contributed by atoms with E-state index >= 15 is 0 Å². The molecule has 0 aliphatic rings. The third-order valence-electron chi connectivity index (χ3n) is 0.749. The van der Waals surface area contributed by atoms with Gasteiger partial charge >= 0.3 is 0 Å². The van der Waals surface area contributed by atoms with Crippen molar-refractivity contribution in [3.05, 3.63) is 23.5 Å². The Bertz CT molecular complexity index is 116. The van der Waals surface area contributed by atoms with Gasteiger partial charge in [-0.15, -0.1) is 0 Å². The average molecular weight is 135 g/mol. The third kappa shape index (κ3) is 2.12. The molecule has 0 spiro atoms. The molecular formula is C6H8ClF. The Morgan fingerprint density at radius 3 is 2.50 bits per heavy atom. The molecule has 0 amide bonds. The van der Waals surface area contributed by atoms with Crippen molar-refractivity contribution in [2.45, 2.75) is 13.3 Å². The molecule has 0 aromatic carbocycles. The second-order valence-electron chi connectivity index (χ2n) is 1.31. The van der Waals surface area contributed by atoms with Crippen LogP contribution in [0.2, 0.25) is 0 Å². The van der Waals surface area contributed by atoms with E-state index in [9.17, 15) is 4.39 Å². The molecule has 8 heavy (non-hydrogen) atoms. The van der Waals surface area contributed by atoms with Crippen molar-refractivity contribution in [1.29, 1.82) is 0 Å². The molecule has 0 radical (unpaired) electrons. The van der Waals surface area contributed by atoms with Gasteiger partial charge < -0.3 is 0 Å². The Morgan fingerprint density at radius 1 is 1.88 bits per heavy atom. The highest BCUT2D eigenvalue weighted by atomic mass is 35.5. The van der Waals surface area contributed by atoms with Crippen molar-refractivity contribution in [2.24, 2.45) is 0 Å². The lowest BCUT2D eigenvalue weighted by Gasteiger charge is -1.88. The first-order chi connectivity index (χ1) is 3.72. The molecule has 0 aliphatic heterocycles. The van der Waals surface area contributed by atoms with Gasteiger partial charge in [0, 0.05) is 0 Å². The predicted octanol–water partition coefficient (Wildman–Crippen LogP) is 3.00. The van der Waals surface area contributed by atoms with Gasteiger partial charge in [-0.05, 0) is 12.5 Å². The van der Waals surface area contributed by atoms with Crippen LogP contribution >= 0.6 is 11.6 Å². The minimum atomic E-state index is -0.304. The van der Waals surface area contributed by atoms with Crippen LogP contribution in [0.4, 0.5) is 4.39 Å². The summed E-state index contributed by atoms with van der Waals surface area (Å²) < 4.78 is 12.2. The highest BCUT2D eigenvalue weighted by molar-refractivity contribution is 6.31. The zero-order valence-corrected chi connectivity index (χ0v) is 5.50. The Labute approximate surface area is 53.7 Å². The zero-order chi connectivity index (χ0) is 6.57. The predicted molar refractivity (Wildman–Crippen MR) is 34.5 cm³/mol. The van der Waals surface area contributed by atoms with Crippen LogP contribution in [0.3, 0.4) is 0 Å². The highest BCUT2D eigenvalue weighted by Gasteiger charge is 1.93. The third-order valence-corrected chi connectivity index (χ3v) is 1.11. The van der Waals surface area contributed by atoms with E-state index in [1.807, 2.05) is 0 Å². The summed E-state index contributed by atoms with van der Waals surface area (Å²) in [7, 11) is 0. The lowest BCUT2D eigenvalue weighted by atomic mass is 10.4. The molecule has 0 fully saturated rings. The van der Waals surface area contributed by atoms with E-state index in [1.54, 1.807) is 6.92 Å². The fraction of sp³-hybridized carbons (Fsp3) is 0.333. The van der Waals surface area contributed by atoms with Crippen LogP contribution in [0, 0.1) is 0 Å². The summed E-state index contributed by atoms with van der Waals surface area (Å²) in [5.41, 5.74) is 0. The van der Waals surface area contributed by atoms with Crippen molar-refractivity contribution >= 4 is 11.6 Å². The largest absolute Gasteiger partial charge is 0.210 e. The number of hydrogen-bond acceptors (Lipinski definition) is 0. The molecule has 0 nitrogen and oxygen atoms in total. The SMILES string of the molecule is C=C/C(Cl)=C(/F)CC. The summed E-state index contributed by atoms with van der Waals surface area (Å²) in [4.78, 5) is 0. The molecule has 0 aromatic heterocycles. The molecule has 0 saturated heterocycles. The van der Waals surface area contributed by atoms with Crippen LogP contribution in [0.15, 0.2) is 23.5 Å². The lowest BCUT2D eigenvalue weighted by molar-refractivity contribution is 0.602. The monoisotopic (exact) mass is 134 g/mol. The summed E-state index contributed by atoms with van der Waals surface area (Å²) in [6.07, 6.45) is 1.63. The summed E-state index contributed by atoms with van der Waals surface area (Å²) in [5.74, 6) is -0.304. The van der Waals surface area contributed by atoms with Crippen LogP contribution in [0.25, 0.3) is 0 Å². The van der Waals surface area contributed by atoms with Gasteiger partial charge in [0.15, 0.2) is 0 Å². The van der Waals surface area contributed by atoms with Crippen LogP contribution in [-0.4, -0.2) is 0 Å². The maximum atomic E-state index is 12.2. The van der Waals surface area contributed by atoms with E-state index in [0.29, 0.717) is 6.42 Å². The number of allylic oxidation sites excluding steroid dienone is 3. The smallest absolute Gasteiger partial charge is 0.118 e. The summed E-state index contributed by atoms with van der Waals surface area (Å²) >= 11 is 5.30. The fourth-order valence-corrected chi connectivity index (χ4v) is 0.413. The van der Waals surface area contributed by atoms with Crippen molar-refractivity contribution in [3.63, 3.8) is 0 Å². The van der Waals surface area contributed by atoms with Gasteiger partial charge in [0.2, 0.25) is 0 Å². The molecule has 0 unspecified atom stereocenters. The van der Waals surface area contributed by atoms with E-state index in [0.717, 1.165) is 0 Å². The van der Waals surface area contributed by atoms with Gasteiger partial charge in [-0.25, -0.2) is 4.39 Å². The van der Waals surface area contributed by atoms with Gasteiger partial charge in [0.1, 0.15) is 5.83 Å². The molecule has 0 atom stereocenters. The molecule has 0 heterocycles. The van der Waals surface area contributed by atoms with Crippen LogP contribution < -0.4 is 0 Å². The minimum Gasteiger partial charge on any atom is -0.210 e. The Kier molecular flexibility index (Phi) is 3.53. The van der Waals surface area contributed by atoms with Gasteiger partial charge in [-0.2, -0.15) is 0 Å². The van der Waals surface area contributed by atoms with Crippen molar-refractivity contribution in [2.75, 3.05) is 0 Å². The standard InChI is InChI=1S/C6H8ClF/c1-3-5(7)6(8)4-2/h3H,1,4H2,2H3/b6-5-. The maximum Gasteiger partial charge on any atom is 0.118 e. The van der Waals surface area contributed by atoms with Gasteiger partial charge in [0.25, 0.3) is 0 Å². The van der Waals surface area contributed by atoms with E-state index in [4.69, 9.17) is 11.6 Å². The summed E-state index contributed by atoms with van der Waals surface area (Å²) in [6.45, 7) is 5.00. The van der Waals surface area contributed by atoms with Gasteiger partial charge in [-0.3, -0.25) is 0 Å². The number of rotatable bonds is 2. The molecule has 0 bridgehead atoms. The molecule has 0 saturated carbocycles. The molecule has 46 valence electrons. The lowest BCUT2D eigenvalue weighted by Crippen LogP contribution is -1.70.